The first-order valence-electron chi connectivity index (χ1n) is 10.7. The fraction of sp³-hybridized carbons (Fsp3) is 0.478. The smallest absolute Gasteiger partial charge is 0.274 e. The Hall–Kier alpha value is -2.07. The van der Waals surface area contributed by atoms with Crippen molar-refractivity contribution < 1.29 is 10.0 Å². The predicted octanol–water partition coefficient (Wildman–Crippen LogP) is 3.90. The molecule has 2 aromatic rings. The number of thioether (sulfide) groups is 1. The Labute approximate surface area is 199 Å². The number of aryl methyl sites for hydroxylation is 2. The second-order valence-electron chi connectivity index (χ2n) is 7.86. The molecule has 0 fully saturated rings. The maximum Gasteiger partial charge on any atom is 0.274 e. The van der Waals surface area contributed by atoms with E-state index in [0.29, 0.717) is 12.4 Å². The molecular weight excluding hydrogens is 444 g/mol. The van der Waals surface area contributed by atoms with E-state index in [1.807, 2.05) is 35.6 Å². The van der Waals surface area contributed by atoms with Gasteiger partial charge >= 0.3 is 0 Å². The van der Waals surface area contributed by atoms with E-state index in [0.717, 1.165) is 36.2 Å². The zero-order valence-corrected chi connectivity index (χ0v) is 20.9. The van der Waals surface area contributed by atoms with Crippen LogP contribution in [0.3, 0.4) is 0 Å². The maximum atomic E-state index is 11.0. The lowest BCUT2D eigenvalue weighted by molar-refractivity contribution is -0.404. The van der Waals surface area contributed by atoms with Gasteiger partial charge in [-0.1, -0.05) is 31.2 Å². The van der Waals surface area contributed by atoms with Crippen LogP contribution in [0.5, 0.6) is 0 Å². The van der Waals surface area contributed by atoms with Gasteiger partial charge in [-0.3, -0.25) is 10.1 Å². The number of nitro groups is 1. The van der Waals surface area contributed by atoms with Gasteiger partial charge in [0, 0.05) is 40.9 Å². The van der Waals surface area contributed by atoms with Crippen LogP contribution in [-0.4, -0.2) is 47.9 Å². The van der Waals surface area contributed by atoms with E-state index in [1.165, 1.54) is 20.9 Å². The summed E-state index contributed by atoms with van der Waals surface area (Å²) < 4.78 is 0. The largest absolute Gasteiger partial charge is 0.387 e. The van der Waals surface area contributed by atoms with Crippen LogP contribution in [-0.2, 0) is 18.7 Å². The molecule has 32 heavy (non-hydrogen) atoms. The molecule has 0 aliphatic heterocycles. The van der Waals surface area contributed by atoms with Crippen LogP contribution in [0.4, 0.5) is 0 Å². The predicted molar refractivity (Wildman–Crippen MR) is 134 cm³/mol. The van der Waals surface area contributed by atoms with E-state index < -0.39 is 11.0 Å². The van der Waals surface area contributed by atoms with Crippen molar-refractivity contribution in [2.24, 2.45) is 0 Å². The molecule has 0 radical (unpaired) electrons. The van der Waals surface area contributed by atoms with Gasteiger partial charge < -0.3 is 20.6 Å². The zero-order chi connectivity index (χ0) is 23.5. The summed E-state index contributed by atoms with van der Waals surface area (Å²) in [6.07, 6.45) is 1.11. The van der Waals surface area contributed by atoms with E-state index in [-0.39, 0.29) is 6.54 Å². The van der Waals surface area contributed by atoms with Crippen LogP contribution in [0.1, 0.15) is 39.5 Å². The van der Waals surface area contributed by atoms with Gasteiger partial charge in [0.2, 0.25) is 0 Å². The van der Waals surface area contributed by atoms with Crippen molar-refractivity contribution in [3.05, 3.63) is 78.9 Å². The minimum Gasteiger partial charge on any atom is -0.387 e. The fourth-order valence-corrected chi connectivity index (χ4v) is 5.35. The first-order valence-corrected chi connectivity index (χ1v) is 12.7. The molecule has 1 aromatic carbocycles. The molecule has 0 saturated carbocycles. The Bertz CT molecular complexity index is 882. The molecule has 7 nitrogen and oxygen atoms in total. The average Bonchev–Trinajstić information content (AvgIpc) is 3.09. The number of benzene rings is 1. The zero-order valence-electron chi connectivity index (χ0n) is 19.3. The van der Waals surface area contributed by atoms with E-state index >= 15 is 0 Å². The number of rotatable bonds is 14. The monoisotopic (exact) mass is 478 g/mol. The molecule has 0 bridgehead atoms. The average molecular weight is 479 g/mol. The highest BCUT2D eigenvalue weighted by molar-refractivity contribution is 7.98. The van der Waals surface area contributed by atoms with Gasteiger partial charge in [0.25, 0.3) is 6.20 Å². The molecule has 1 heterocycles. The minimum absolute atomic E-state index is 0.189. The van der Waals surface area contributed by atoms with Crippen molar-refractivity contribution in [3.63, 3.8) is 0 Å². The van der Waals surface area contributed by atoms with Crippen LogP contribution in [0.25, 0.3) is 0 Å². The van der Waals surface area contributed by atoms with E-state index in [2.05, 4.69) is 49.5 Å². The van der Waals surface area contributed by atoms with Crippen molar-refractivity contribution >= 4 is 23.1 Å². The van der Waals surface area contributed by atoms with Gasteiger partial charge in [0.15, 0.2) is 5.82 Å². The third-order valence-electron chi connectivity index (χ3n) is 4.83. The van der Waals surface area contributed by atoms with Gasteiger partial charge in [-0.2, -0.15) is 11.8 Å². The number of thiophene rings is 1. The Morgan fingerprint density at radius 2 is 2.03 bits per heavy atom. The summed E-state index contributed by atoms with van der Waals surface area (Å²) in [5.74, 6) is 2.05. The Morgan fingerprint density at radius 3 is 2.66 bits per heavy atom. The molecule has 3 N–H and O–H groups in total. The van der Waals surface area contributed by atoms with Crippen molar-refractivity contribution in [3.8, 4) is 0 Å². The van der Waals surface area contributed by atoms with Gasteiger partial charge in [0.1, 0.15) is 0 Å². The number of nitrogens with one attached hydrogen (secondary N) is 2. The molecule has 0 aliphatic rings. The highest BCUT2D eigenvalue weighted by Crippen LogP contribution is 2.26. The summed E-state index contributed by atoms with van der Waals surface area (Å²) in [5.41, 5.74) is 3.32. The lowest BCUT2D eigenvalue weighted by Crippen LogP contribution is -2.31. The second-order valence-corrected chi connectivity index (χ2v) is 10.2. The fourth-order valence-electron chi connectivity index (χ4n) is 3.10. The molecule has 0 saturated heterocycles. The van der Waals surface area contributed by atoms with Crippen LogP contribution < -0.4 is 10.6 Å². The molecule has 0 spiro atoms. The molecule has 1 aromatic heterocycles. The highest BCUT2D eigenvalue weighted by atomic mass is 32.2. The molecular formula is C23H34N4O3S2. The van der Waals surface area contributed by atoms with Crippen molar-refractivity contribution in [2.75, 3.05) is 32.9 Å². The van der Waals surface area contributed by atoms with Crippen LogP contribution in [0.2, 0.25) is 0 Å². The standard InChI is InChI=1S/C23H34N4O3S2/c1-5-18-6-8-19(9-7-18)21(28)13-25-23(15-27(29)30)24-10-11-31-16-20-12-17(2)22(32-20)14-26(3)4/h6-9,12,15,21,24-25,28H,5,10-11,13-14,16H2,1-4H3. The number of aliphatic hydroxyl groups excluding tert-OH is 1. The topological polar surface area (TPSA) is 90.7 Å². The van der Waals surface area contributed by atoms with Gasteiger partial charge in [-0.25, -0.2) is 0 Å². The molecule has 1 atom stereocenters. The third-order valence-corrected chi connectivity index (χ3v) is 7.24. The first-order chi connectivity index (χ1) is 15.3. The van der Waals surface area contributed by atoms with Crippen molar-refractivity contribution in [2.45, 2.75) is 38.7 Å². The maximum absolute atomic E-state index is 11.0. The Balaban J connectivity index is 1.77. The van der Waals surface area contributed by atoms with E-state index in [9.17, 15) is 15.2 Å². The molecule has 0 aliphatic carbocycles. The highest BCUT2D eigenvalue weighted by Gasteiger charge is 2.10. The van der Waals surface area contributed by atoms with Crippen LogP contribution in [0.15, 0.2) is 42.4 Å². The van der Waals surface area contributed by atoms with Crippen molar-refractivity contribution in [1.82, 2.24) is 15.5 Å². The number of aliphatic hydroxyl groups is 1. The Kier molecular flexibility index (Phi) is 11.0. The number of hydrogen-bond acceptors (Lipinski definition) is 8. The SMILES string of the molecule is CCc1ccc(C(O)CNC(=C[N+](=O)[O-])NCCSCc2cc(C)c(CN(C)C)s2)cc1. The quantitative estimate of drug-likeness (QED) is 0.215. The lowest BCUT2D eigenvalue weighted by atomic mass is 10.1. The van der Waals surface area contributed by atoms with Crippen molar-refractivity contribution in [1.29, 1.82) is 0 Å². The third kappa shape index (κ3) is 9.20. The molecule has 2 rings (SSSR count). The lowest BCUT2D eigenvalue weighted by Gasteiger charge is -2.15. The summed E-state index contributed by atoms with van der Waals surface area (Å²) in [7, 11) is 4.15. The molecule has 9 heteroatoms. The molecule has 176 valence electrons. The summed E-state index contributed by atoms with van der Waals surface area (Å²) in [6, 6.07) is 10.0. The van der Waals surface area contributed by atoms with Crippen LogP contribution in [0, 0.1) is 17.0 Å². The minimum atomic E-state index is -0.745. The normalized spacial score (nSPS) is 12.8. The number of hydrogen-bond donors (Lipinski definition) is 3. The summed E-state index contributed by atoms with van der Waals surface area (Å²) >= 11 is 3.64. The van der Waals surface area contributed by atoms with E-state index in [1.54, 1.807) is 11.8 Å². The first kappa shape index (κ1) is 26.2. The summed E-state index contributed by atoms with van der Waals surface area (Å²) in [6.45, 7) is 5.97. The van der Waals surface area contributed by atoms with Gasteiger partial charge in [0.05, 0.1) is 11.0 Å². The molecule has 1 unspecified atom stereocenters. The Morgan fingerprint density at radius 1 is 1.31 bits per heavy atom. The van der Waals surface area contributed by atoms with Gasteiger partial charge in [-0.05, 0) is 50.2 Å². The van der Waals surface area contributed by atoms with E-state index in [4.69, 9.17) is 0 Å². The summed E-state index contributed by atoms with van der Waals surface area (Å²) in [5, 5.41) is 27.4. The van der Waals surface area contributed by atoms with Crippen LogP contribution >= 0.6 is 23.1 Å². The van der Waals surface area contributed by atoms with Gasteiger partial charge in [-0.15, -0.1) is 11.3 Å². The summed E-state index contributed by atoms with van der Waals surface area (Å²) in [4.78, 5) is 15.4. The molecule has 0 amide bonds. The number of nitrogens with zero attached hydrogens (tertiary/aromatic N) is 2. The second kappa shape index (κ2) is 13.5.